The molecular formula is C13H17ClFN3O3S. The molecule has 0 aromatic heterocycles. The lowest BCUT2D eigenvalue weighted by molar-refractivity contribution is 0.0794. The number of likely N-dealkylation sites (tertiary alicyclic amines) is 1. The van der Waals surface area contributed by atoms with Crippen molar-refractivity contribution in [1.82, 2.24) is 9.62 Å². The predicted octanol–water partition coefficient (Wildman–Crippen LogP) is 1.22. The van der Waals surface area contributed by atoms with Crippen molar-refractivity contribution in [3.63, 3.8) is 0 Å². The van der Waals surface area contributed by atoms with E-state index >= 15 is 0 Å². The van der Waals surface area contributed by atoms with Gasteiger partial charge in [-0.2, -0.15) is 0 Å². The Balaban J connectivity index is 2.20. The third kappa shape index (κ3) is 3.34. The van der Waals surface area contributed by atoms with Crippen LogP contribution in [0.1, 0.15) is 23.7 Å². The maximum atomic E-state index is 13.6. The van der Waals surface area contributed by atoms with Gasteiger partial charge in [-0.05, 0) is 18.6 Å². The summed E-state index contributed by atoms with van der Waals surface area (Å²) in [5, 5.41) is -0.618. The average molecular weight is 350 g/mol. The molecular weight excluding hydrogens is 333 g/mol. The summed E-state index contributed by atoms with van der Waals surface area (Å²) in [7, 11) is -3.46. The maximum Gasteiger partial charge on any atom is 0.256 e. The average Bonchev–Trinajstić information content (AvgIpc) is 2.92. The Bertz CT molecular complexity index is 696. The Morgan fingerprint density at radius 3 is 2.86 bits per heavy atom. The zero-order chi connectivity index (χ0) is 16.5. The molecule has 1 aromatic carbocycles. The molecule has 0 radical (unpaired) electrons. The van der Waals surface area contributed by atoms with Gasteiger partial charge in [-0.25, -0.2) is 17.5 Å². The van der Waals surface area contributed by atoms with E-state index < -0.39 is 27.0 Å². The molecule has 1 heterocycles. The summed E-state index contributed by atoms with van der Waals surface area (Å²) < 4.78 is 39.9. The fourth-order valence-electron chi connectivity index (χ4n) is 2.42. The smallest absolute Gasteiger partial charge is 0.256 e. The largest absolute Gasteiger partial charge is 0.396 e. The third-order valence-corrected chi connectivity index (χ3v) is 5.71. The highest BCUT2D eigenvalue weighted by Gasteiger charge is 2.35. The molecule has 1 atom stereocenters. The van der Waals surface area contributed by atoms with Crippen LogP contribution in [0, 0.1) is 5.82 Å². The van der Waals surface area contributed by atoms with E-state index in [1.807, 2.05) is 0 Å². The van der Waals surface area contributed by atoms with Gasteiger partial charge in [0.1, 0.15) is 5.82 Å². The number of nitrogens with one attached hydrogen (secondary N) is 1. The van der Waals surface area contributed by atoms with E-state index in [0.29, 0.717) is 13.0 Å². The first-order valence-corrected chi connectivity index (χ1v) is 8.71. The van der Waals surface area contributed by atoms with Crippen LogP contribution in [-0.4, -0.2) is 44.1 Å². The number of hydrogen-bond donors (Lipinski definition) is 2. The van der Waals surface area contributed by atoms with Gasteiger partial charge in [0, 0.05) is 24.7 Å². The van der Waals surface area contributed by atoms with Crippen molar-refractivity contribution in [2.24, 2.45) is 0 Å². The second kappa shape index (κ2) is 6.39. The van der Waals surface area contributed by atoms with Crippen molar-refractivity contribution >= 4 is 33.2 Å². The van der Waals surface area contributed by atoms with Crippen LogP contribution < -0.4 is 10.5 Å². The monoisotopic (exact) mass is 349 g/mol. The van der Waals surface area contributed by atoms with E-state index in [1.165, 1.54) is 11.0 Å². The Morgan fingerprint density at radius 1 is 1.55 bits per heavy atom. The van der Waals surface area contributed by atoms with Gasteiger partial charge in [0.15, 0.2) is 0 Å². The number of hydrogen-bond acceptors (Lipinski definition) is 4. The van der Waals surface area contributed by atoms with Gasteiger partial charge >= 0.3 is 0 Å². The second-order valence-electron chi connectivity index (χ2n) is 5.05. The van der Waals surface area contributed by atoms with Crippen LogP contribution in [0.4, 0.5) is 10.1 Å². The van der Waals surface area contributed by atoms with Gasteiger partial charge in [-0.1, -0.05) is 18.5 Å². The maximum absolute atomic E-state index is 13.6. The summed E-state index contributed by atoms with van der Waals surface area (Å²) in [6.45, 7) is 2.29. The van der Waals surface area contributed by atoms with E-state index in [-0.39, 0.29) is 29.4 Å². The number of rotatable bonds is 4. The fourth-order valence-corrected chi connectivity index (χ4v) is 4.05. The Hall–Kier alpha value is -1.38. The molecule has 3 N–H and O–H groups in total. The number of nitrogens with two attached hydrogens (primary N) is 1. The Kier molecular flexibility index (Phi) is 4.93. The standard InChI is InChI=1S/C13H17ClFN3O3S/c1-2-17-22(20,21)9-3-4-18(7-9)13(19)10-5-8(14)6-11(15)12(10)16/h5-6,9,17H,2-4,7,16H2,1H3/t9-/m1/s1. The molecule has 1 aromatic rings. The first-order chi connectivity index (χ1) is 10.3. The van der Waals surface area contributed by atoms with Gasteiger partial charge < -0.3 is 10.6 Å². The number of sulfonamides is 1. The van der Waals surface area contributed by atoms with E-state index in [1.54, 1.807) is 6.92 Å². The minimum atomic E-state index is -3.46. The molecule has 0 spiro atoms. The number of nitrogen functional groups attached to an aromatic ring is 1. The zero-order valence-corrected chi connectivity index (χ0v) is 13.5. The number of halogens is 2. The molecule has 1 saturated heterocycles. The van der Waals surface area contributed by atoms with Crippen LogP contribution in [0.3, 0.4) is 0 Å². The van der Waals surface area contributed by atoms with Gasteiger partial charge in [-0.3, -0.25) is 4.79 Å². The first-order valence-electron chi connectivity index (χ1n) is 6.78. The number of amides is 1. The third-order valence-electron chi connectivity index (χ3n) is 3.54. The van der Waals surface area contributed by atoms with E-state index in [4.69, 9.17) is 17.3 Å². The second-order valence-corrected chi connectivity index (χ2v) is 7.54. The summed E-state index contributed by atoms with van der Waals surface area (Å²) in [5.41, 5.74) is 5.24. The molecule has 122 valence electrons. The Morgan fingerprint density at radius 2 is 2.23 bits per heavy atom. The van der Waals surface area contributed by atoms with E-state index in [0.717, 1.165) is 6.07 Å². The van der Waals surface area contributed by atoms with Crippen molar-refractivity contribution in [3.05, 3.63) is 28.5 Å². The Labute approximate surface area is 133 Å². The predicted molar refractivity (Wildman–Crippen MR) is 82.7 cm³/mol. The first kappa shape index (κ1) is 17.0. The fraction of sp³-hybridized carbons (Fsp3) is 0.462. The topological polar surface area (TPSA) is 92.5 Å². The summed E-state index contributed by atoms with van der Waals surface area (Å²) >= 11 is 5.74. The lowest BCUT2D eigenvalue weighted by atomic mass is 10.1. The summed E-state index contributed by atoms with van der Waals surface area (Å²) in [6.07, 6.45) is 0.323. The van der Waals surface area contributed by atoms with Crippen molar-refractivity contribution in [2.45, 2.75) is 18.6 Å². The lowest BCUT2D eigenvalue weighted by Crippen LogP contribution is -2.37. The number of nitrogens with zero attached hydrogens (tertiary/aromatic N) is 1. The van der Waals surface area contributed by atoms with Crippen LogP contribution in [0.5, 0.6) is 0 Å². The van der Waals surface area contributed by atoms with Crippen LogP contribution in [0.2, 0.25) is 5.02 Å². The molecule has 1 fully saturated rings. The molecule has 0 unspecified atom stereocenters. The molecule has 6 nitrogen and oxygen atoms in total. The highest BCUT2D eigenvalue weighted by Crippen LogP contribution is 2.26. The van der Waals surface area contributed by atoms with Gasteiger partial charge in [0.2, 0.25) is 10.0 Å². The van der Waals surface area contributed by atoms with Crippen molar-refractivity contribution < 1.29 is 17.6 Å². The van der Waals surface area contributed by atoms with Gasteiger partial charge in [0.25, 0.3) is 5.91 Å². The minimum absolute atomic E-state index is 0.0434. The molecule has 1 aliphatic heterocycles. The summed E-state index contributed by atoms with van der Waals surface area (Å²) in [6, 6.07) is 2.31. The highest BCUT2D eigenvalue weighted by atomic mass is 35.5. The van der Waals surface area contributed by atoms with Crippen molar-refractivity contribution in [2.75, 3.05) is 25.4 Å². The number of carbonyl (C=O) groups is 1. The summed E-state index contributed by atoms with van der Waals surface area (Å²) in [4.78, 5) is 13.8. The van der Waals surface area contributed by atoms with Crippen molar-refractivity contribution in [1.29, 1.82) is 0 Å². The number of benzene rings is 1. The van der Waals surface area contributed by atoms with Gasteiger partial charge in [0.05, 0.1) is 16.5 Å². The quantitative estimate of drug-likeness (QED) is 0.799. The molecule has 0 aliphatic carbocycles. The highest BCUT2D eigenvalue weighted by molar-refractivity contribution is 7.90. The molecule has 22 heavy (non-hydrogen) atoms. The zero-order valence-electron chi connectivity index (χ0n) is 12.0. The minimum Gasteiger partial charge on any atom is -0.396 e. The van der Waals surface area contributed by atoms with Crippen LogP contribution >= 0.6 is 11.6 Å². The normalized spacial score (nSPS) is 18.7. The molecule has 1 amide bonds. The molecule has 2 rings (SSSR count). The van der Waals surface area contributed by atoms with Crippen LogP contribution in [0.15, 0.2) is 12.1 Å². The van der Waals surface area contributed by atoms with Crippen LogP contribution in [0.25, 0.3) is 0 Å². The van der Waals surface area contributed by atoms with Crippen LogP contribution in [-0.2, 0) is 10.0 Å². The lowest BCUT2D eigenvalue weighted by Gasteiger charge is -2.18. The van der Waals surface area contributed by atoms with Gasteiger partial charge in [-0.15, -0.1) is 0 Å². The molecule has 1 aliphatic rings. The number of anilines is 1. The molecule has 0 bridgehead atoms. The molecule has 0 saturated carbocycles. The summed E-state index contributed by atoms with van der Waals surface area (Å²) in [5.74, 6) is -1.29. The van der Waals surface area contributed by atoms with E-state index in [2.05, 4.69) is 4.72 Å². The van der Waals surface area contributed by atoms with Crippen molar-refractivity contribution in [3.8, 4) is 0 Å². The molecule has 9 heteroatoms. The van der Waals surface area contributed by atoms with E-state index in [9.17, 15) is 17.6 Å². The SMILES string of the molecule is CCNS(=O)(=O)[C@@H]1CCN(C(=O)c2cc(Cl)cc(F)c2N)C1. The number of carbonyl (C=O) groups excluding carboxylic acids is 1.